The summed E-state index contributed by atoms with van der Waals surface area (Å²) in [4.78, 5) is 12.4. The summed E-state index contributed by atoms with van der Waals surface area (Å²) in [5, 5.41) is 8.53. The summed E-state index contributed by atoms with van der Waals surface area (Å²) in [6.45, 7) is 5.98. The molecule has 24 heavy (non-hydrogen) atoms. The summed E-state index contributed by atoms with van der Waals surface area (Å²) in [7, 11) is 0. The van der Waals surface area contributed by atoms with Crippen molar-refractivity contribution in [3.8, 4) is 0 Å². The maximum absolute atomic E-state index is 12.4. The summed E-state index contributed by atoms with van der Waals surface area (Å²) >= 11 is 0. The molecule has 3 rings (SSSR count). The van der Waals surface area contributed by atoms with Crippen molar-refractivity contribution in [3.63, 3.8) is 0 Å². The Balaban J connectivity index is 1.70. The first-order valence-electron chi connectivity index (χ1n) is 8.16. The molecule has 0 radical (unpaired) electrons. The lowest BCUT2D eigenvalue weighted by Gasteiger charge is -2.16. The molecule has 0 spiro atoms. The van der Waals surface area contributed by atoms with Crippen LogP contribution in [0.25, 0.3) is 10.8 Å². The van der Waals surface area contributed by atoms with E-state index in [4.69, 9.17) is 0 Å². The standard InChI is InChI=1S/C21H22N2O/c1-14-10-15(2)12-20(11-14)22-16(3)21(24)23-19-9-8-17-6-4-5-7-18(17)13-19/h4-13,16,22H,1-3H3,(H,23,24)/t16-/m1/s1. The van der Waals surface area contributed by atoms with Gasteiger partial charge in [0, 0.05) is 11.4 Å². The summed E-state index contributed by atoms with van der Waals surface area (Å²) in [6.07, 6.45) is 0. The second kappa shape index (κ2) is 6.75. The van der Waals surface area contributed by atoms with E-state index in [1.165, 1.54) is 11.1 Å². The lowest BCUT2D eigenvalue weighted by Crippen LogP contribution is -2.31. The number of benzene rings is 3. The lowest BCUT2D eigenvalue weighted by molar-refractivity contribution is -0.116. The molecule has 0 aliphatic carbocycles. The van der Waals surface area contributed by atoms with Gasteiger partial charge in [0.15, 0.2) is 0 Å². The zero-order valence-electron chi connectivity index (χ0n) is 14.3. The Bertz CT molecular complexity index is 866. The first-order valence-corrected chi connectivity index (χ1v) is 8.16. The minimum Gasteiger partial charge on any atom is -0.374 e. The third kappa shape index (κ3) is 3.74. The SMILES string of the molecule is Cc1cc(C)cc(N[C@H](C)C(=O)Nc2ccc3ccccc3c2)c1. The number of amides is 1. The molecular formula is C21H22N2O. The van der Waals surface area contributed by atoms with E-state index in [-0.39, 0.29) is 11.9 Å². The third-order valence-electron chi connectivity index (χ3n) is 4.02. The number of carbonyl (C=O) groups excluding carboxylic acids is 1. The smallest absolute Gasteiger partial charge is 0.246 e. The number of hydrogen-bond donors (Lipinski definition) is 2. The van der Waals surface area contributed by atoms with Crippen molar-refractivity contribution in [1.29, 1.82) is 0 Å². The van der Waals surface area contributed by atoms with Crippen LogP contribution in [0.1, 0.15) is 18.1 Å². The van der Waals surface area contributed by atoms with Gasteiger partial charge in [-0.2, -0.15) is 0 Å². The number of aryl methyl sites for hydroxylation is 2. The molecule has 0 aromatic heterocycles. The molecule has 3 aromatic carbocycles. The summed E-state index contributed by atoms with van der Waals surface area (Å²) in [5.41, 5.74) is 4.14. The average molecular weight is 318 g/mol. The van der Waals surface area contributed by atoms with E-state index in [0.717, 1.165) is 22.1 Å². The molecule has 0 heterocycles. The molecule has 122 valence electrons. The van der Waals surface area contributed by atoms with Gasteiger partial charge in [0.1, 0.15) is 6.04 Å². The molecule has 3 nitrogen and oxygen atoms in total. The molecule has 0 saturated heterocycles. The highest BCUT2D eigenvalue weighted by Crippen LogP contribution is 2.19. The number of fused-ring (bicyclic) bond motifs is 1. The Morgan fingerprint density at radius 2 is 1.50 bits per heavy atom. The molecule has 3 heteroatoms. The van der Waals surface area contributed by atoms with E-state index in [0.29, 0.717) is 0 Å². The fourth-order valence-electron chi connectivity index (χ4n) is 2.89. The van der Waals surface area contributed by atoms with Crippen LogP contribution in [0.5, 0.6) is 0 Å². The van der Waals surface area contributed by atoms with Crippen LogP contribution in [-0.4, -0.2) is 11.9 Å². The molecule has 0 bridgehead atoms. The maximum Gasteiger partial charge on any atom is 0.246 e. The normalized spacial score (nSPS) is 12.0. The van der Waals surface area contributed by atoms with Crippen LogP contribution in [0, 0.1) is 13.8 Å². The second-order valence-corrected chi connectivity index (χ2v) is 6.29. The largest absolute Gasteiger partial charge is 0.374 e. The van der Waals surface area contributed by atoms with E-state index in [1.807, 2.05) is 55.5 Å². The van der Waals surface area contributed by atoms with Gasteiger partial charge < -0.3 is 10.6 Å². The van der Waals surface area contributed by atoms with E-state index in [1.54, 1.807) is 0 Å². The van der Waals surface area contributed by atoms with Crippen LogP contribution < -0.4 is 10.6 Å². The topological polar surface area (TPSA) is 41.1 Å². The molecule has 0 fully saturated rings. The van der Waals surface area contributed by atoms with Crippen LogP contribution in [0.3, 0.4) is 0 Å². The van der Waals surface area contributed by atoms with Crippen LogP contribution in [0.2, 0.25) is 0 Å². The van der Waals surface area contributed by atoms with Gasteiger partial charge >= 0.3 is 0 Å². The van der Waals surface area contributed by atoms with Crippen LogP contribution in [-0.2, 0) is 4.79 Å². The highest BCUT2D eigenvalue weighted by atomic mass is 16.2. The molecule has 1 amide bonds. The van der Waals surface area contributed by atoms with Crippen LogP contribution >= 0.6 is 0 Å². The number of carbonyl (C=O) groups is 1. The summed E-state index contributed by atoms with van der Waals surface area (Å²) in [6, 6.07) is 20.0. The van der Waals surface area contributed by atoms with Gasteiger partial charge in [-0.15, -0.1) is 0 Å². The molecule has 3 aromatic rings. The van der Waals surface area contributed by atoms with Crippen molar-refractivity contribution < 1.29 is 4.79 Å². The Morgan fingerprint density at radius 1 is 0.833 bits per heavy atom. The summed E-state index contributed by atoms with van der Waals surface area (Å²) < 4.78 is 0. The second-order valence-electron chi connectivity index (χ2n) is 6.29. The van der Waals surface area contributed by atoms with E-state index < -0.39 is 0 Å². The molecule has 0 saturated carbocycles. The van der Waals surface area contributed by atoms with Crippen LogP contribution in [0.4, 0.5) is 11.4 Å². The minimum absolute atomic E-state index is 0.0514. The molecule has 0 aliphatic rings. The molecule has 2 N–H and O–H groups in total. The Hall–Kier alpha value is -2.81. The zero-order chi connectivity index (χ0) is 17.1. The van der Waals surface area contributed by atoms with Crippen molar-refractivity contribution >= 4 is 28.1 Å². The van der Waals surface area contributed by atoms with Crippen molar-refractivity contribution in [2.75, 3.05) is 10.6 Å². The average Bonchev–Trinajstić information content (AvgIpc) is 2.53. The van der Waals surface area contributed by atoms with Crippen molar-refractivity contribution in [2.45, 2.75) is 26.8 Å². The third-order valence-corrected chi connectivity index (χ3v) is 4.02. The first-order chi connectivity index (χ1) is 11.5. The Morgan fingerprint density at radius 3 is 2.21 bits per heavy atom. The van der Waals surface area contributed by atoms with Crippen molar-refractivity contribution in [2.24, 2.45) is 0 Å². The van der Waals surface area contributed by atoms with Gasteiger partial charge in [0.25, 0.3) is 0 Å². The van der Waals surface area contributed by atoms with Gasteiger partial charge in [-0.05, 0) is 66.9 Å². The van der Waals surface area contributed by atoms with Gasteiger partial charge in [0.2, 0.25) is 5.91 Å². The molecule has 0 unspecified atom stereocenters. The zero-order valence-corrected chi connectivity index (χ0v) is 14.3. The molecule has 1 atom stereocenters. The van der Waals surface area contributed by atoms with E-state index >= 15 is 0 Å². The number of hydrogen-bond acceptors (Lipinski definition) is 2. The van der Waals surface area contributed by atoms with Gasteiger partial charge in [-0.1, -0.05) is 36.4 Å². The van der Waals surface area contributed by atoms with Crippen molar-refractivity contribution in [1.82, 2.24) is 0 Å². The number of nitrogens with one attached hydrogen (secondary N) is 2. The lowest BCUT2D eigenvalue weighted by atomic mass is 10.1. The number of rotatable bonds is 4. The Kier molecular flexibility index (Phi) is 4.52. The maximum atomic E-state index is 12.4. The van der Waals surface area contributed by atoms with Gasteiger partial charge in [-0.3, -0.25) is 4.79 Å². The highest BCUT2D eigenvalue weighted by molar-refractivity contribution is 5.98. The quantitative estimate of drug-likeness (QED) is 0.718. The molecular weight excluding hydrogens is 296 g/mol. The molecule has 0 aliphatic heterocycles. The fourth-order valence-corrected chi connectivity index (χ4v) is 2.89. The minimum atomic E-state index is -0.322. The van der Waals surface area contributed by atoms with E-state index in [2.05, 4.69) is 36.6 Å². The van der Waals surface area contributed by atoms with Gasteiger partial charge in [0.05, 0.1) is 0 Å². The Labute approximate surface area is 142 Å². The first kappa shape index (κ1) is 16.1. The monoisotopic (exact) mass is 318 g/mol. The predicted octanol–water partition coefficient (Wildman–Crippen LogP) is 4.90. The van der Waals surface area contributed by atoms with Crippen molar-refractivity contribution in [3.05, 3.63) is 71.8 Å². The summed E-state index contributed by atoms with van der Waals surface area (Å²) in [5.74, 6) is -0.0514. The number of anilines is 2. The predicted molar refractivity (Wildman–Crippen MR) is 102 cm³/mol. The fraction of sp³-hybridized carbons (Fsp3) is 0.190. The van der Waals surface area contributed by atoms with Crippen LogP contribution in [0.15, 0.2) is 60.7 Å². The van der Waals surface area contributed by atoms with E-state index in [9.17, 15) is 4.79 Å². The highest BCUT2D eigenvalue weighted by Gasteiger charge is 2.13. The van der Waals surface area contributed by atoms with Gasteiger partial charge in [-0.25, -0.2) is 0 Å².